The number of ketones is 1. The number of hydrogen-bond donors (Lipinski definition) is 0. The molecule has 144 valence electrons. The minimum atomic E-state index is -0.0257. The summed E-state index contributed by atoms with van der Waals surface area (Å²) >= 11 is 0. The second-order valence-electron chi connectivity index (χ2n) is 7.31. The highest BCUT2D eigenvalue weighted by Gasteiger charge is 2.18. The molecule has 1 aromatic carbocycles. The molecule has 0 spiro atoms. The highest BCUT2D eigenvalue weighted by atomic mass is 16.1. The van der Waals surface area contributed by atoms with Crippen molar-refractivity contribution < 1.29 is 4.79 Å². The molecule has 0 N–H and O–H groups in total. The summed E-state index contributed by atoms with van der Waals surface area (Å²) in [5.41, 5.74) is 4.27. The van der Waals surface area contributed by atoms with Gasteiger partial charge in [-0.3, -0.25) is 18.9 Å². The maximum Gasteiger partial charge on any atom is 0.258 e. The van der Waals surface area contributed by atoms with E-state index in [9.17, 15) is 9.59 Å². The number of aromatic nitrogens is 2. The average molecular weight is 376 g/mol. The monoisotopic (exact) mass is 376 g/mol. The van der Waals surface area contributed by atoms with Gasteiger partial charge in [-0.05, 0) is 50.2 Å². The number of Topliss-reactive ketones (excluding diaryl/α,β-unsaturated/α-hetero) is 1. The Hall–Kier alpha value is -2.99. The van der Waals surface area contributed by atoms with Gasteiger partial charge in [0.15, 0.2) is 5.78 Å². The zero-order chi connectivity index (χ0) is 19.7. The fourth-order valence-corrected chi connectivity index (χ4v) is 3.74. The van der Waals surface area contributed by atoms with Gasteiger partial charge < -0.3 is 4.90 Å². The summed E-state index contributed by atoms with van der Waals surface area (Å²) in [5, 5.41) is 0. The number of pyridine rings is 1. The van der Waals surface area contributed by atoms with Crippen LogP contribution in [0.1, 0.15) is 28.7 Å². The van der Waals surface area contributed by atoms with Gasteiger partial charge in [0.25, 0.3) is 5.56 Å². The number of rotatable bonds is 4. The van der Waals surface area contributed by atoms with Crippen molar-refractivity contribution in [3.63, 3.8) is 0 Å². The molecule has 0 aliphatic carbocycles. The van der Waals surface area contributed by atoms with E-state index in [1.807, 2.05) is 49.4 Å². The van der Waals surface area contributed by atoms with E-state index in [-0.39, 0.29) is 11.3 Å². The number of benzene rings is 1. The Morgan fingerprint density at radius 1 is 1.04 bits per heavy atom. The summed E-state index contributed by atoms with van der Waals surface area (Å²) in [6, 6.07) is 15.2. The van der Waals surface area contributed by atoms with Crippen LogP contribution in [0.5, 0.6) is 0 Å². The summed E-state index contributed by atoms with van der Waals surface area (Å²) in [6.07, 6.45) is 0. The maximum atomic E-state index is 12.4. The summed E-state index contributed by atoms with van der Waals surface area (Å²) in [7, 11) is 0. The Morgan fingerprint density at radius 2 is 1.75 bits per heavy atom. The lowest BCUT2D eigenvalue weighted by atomic mass is 10.1. The number of nitrogens with zero attached hydrogens (tertiary/aromatic N) is 4. The molecule has 1 aliphatic rings. The van der Waals surface area contributed by atoms with Gasteiger partial charge in [-0.2, -0.15) is 0 Å². The molecule has 0 unspecified atom stereocenters. The second-order valence-corrected chi connectivity index (χ2v) is 7.31. The first kappa shape index (κ1) is 18.4. The van der Waals surface area contributed by atoms with E-state index in [1.165, 1.54) is 0 Å². The lowest BCUT2D eigenvalue weighted by Crippen LogP contribution is -2.46. The third-order valence-electron chi connectivity index (χ3n) is 5.33. The average Bonchev–Trinajstić information content (AvgIpc) is 2.68. The molecule has 0 radical (unpaired) electrons. The first-order valence-electron chi connectivity index (χ1n) is 9.58. The van der Waals surface area contributed by atoms with Crippen LogP contribution in [-0.2, 0) is 6.54 Å². The van der Waals surface area contributed by atoms with Crippen molar-refractivity contribution in [2.24, 2.45) is 0 Å². The Morgan fingerprint density at radius 3 is 2.43 bits per heavy atom. The maximum absolute atomic E-state index is 12.4. The van der Waals surface area contributed by atoms with Gasteiger partial charge in [0.05, 0.1) is 5.69 Å². The van der Waals surface area contributed by atoms with E-state index in [2.05, 4.69) is 14.8 Å². The first-order valence-corrected chi connectivity index (χ1v) is 9.58. The van der Waals surface area contributed by atoms with E-state index in [4.69, 9.17) is 0 Å². The van der Waals surface area contributed by atoms with E-state index in [1.54, 1.807) is 17.4 Å². The summed E-state index contributed by atoms with van der Waals surface area (Å²) in [4.78, 5) is 33.2. The van der Waals surface area contributed by atoms with Gasteiger partial charge in [0.2, 0.25) is 0 Å². The van der Waals surface area contributed by atoms with Crippen LogP contribution in [0, 0.1) is 6.92 Å². The van der Waals surface area contributed by atoms with Crippen molar-refractivity contribution in [2.45, 2.75) is 20.4 Å². The van der Waals surface area contributed by atoms with Gasteiger partial charge >= 0.3 is 0 Å². The van der Waals surface area contributed by atoms with Gasteiger partial charge in [-0.1, -0.05) is 6.07 Å². The molecule has 6 nitrogen and oxygen atoms in total. The predicted octanol–water partition coefficient (Wildman–Crippen LogP) is 2.53. The van der Waals surface area contributed by atoms with Crippen molar-refractivity contribution >= 4 is 17.1 Å². The Bertz CT molecular complexity index is 1060. The first-order chi connectivity index (χ1) is 13.5. The van der Waals surface area contributed by atoms with Gasteiger partial charge in [0.1, 0.15) is 5.65 Å². The Labute approximate surface area is 164 Å². The minimum Gasteiger partial charge on any atom is -0.369 e. The molecule has 3 aromatic rings. The topological polar surface area (TPSA) is 57.9 Å². The van der Waals surface area contributed by atoms with Gasteiger partial charge in [0, 0.05) is 55.7 Å². The number of piperazine rings is 1. The summed E-state index contributed by atoms with van der Waals surface area (Å²) in [5.74, 6) is 0.0883. The summed E-state index contributed by atoms with van der Waals surface area (Å²) < 4.78 is 1.64. The lowest BCUT2D eigenvalue weighted by Gasteiger charge is -2.36. The highest BCUT2D eigenvalue weighted by Crippen LogP contribution is 2.18. The van der Waals surface area contributed by atoms with E-state index in [0.717, 1.165) is 48.8 Å². The van der Waals surface area contributed by atoms with Gasteiger partial charge in [-0.15, -0.1) is 0 Å². The molecule has 4 rings (SSSR count). The van der Waals surface area contributed by atoms with Crippen LogP contribution < -0.4 is 10.5 Å². The van der Waals surface area contributed by atoms with Crippen molar-refractivity contribution in [1.82, 2.24) is 14.3 Å². The smallest absolute Gasteiger partial charge is 0.258 e. The third-order valence-corrected chi connectivity index (χ3v) is 5.33. The van der Waals surface area contributed by atoms with Crippen LogP contribution in [0.3, 0.4) is 0 Å². The minimum absolute atomic E-state index is 0.0257. The van der Waals surface area contributed by atoms with Crippen LogP contribution in [0.4, 0.5) is 5.69 Å². The molecule has 1 aliphatic heterocycles. The van der Waals surface area contributed by atoms with Crippen LogP contribution >= 0.6 is 0 Å². The van der Waals surface area contributed by atoms with Crippen LogP contribution in [0.15, 0.2) is 53.3 Å². The second kappa shape index (κ2) is 7.56. The number of carbonyl (C=O) groups excluding carboxylic acids is 1. The van der Waals surface area contributed by atoms with Crippen molar-refractivity contribution in [3.05, 3.63) is 75.8 Å². The largest absolute Gasteiger partial charge is 0.369 e. The number of aryl methyl sites for hydroxylation is 1. The standard InChI is InChI=1S/C22H24N4O2/c1-16-4-3-5-21-23-19(14-22(28)26(16)21)15-24-10-12-25(13-11-24)20-8-6-18(7-9-20)17(2)27/h3-9,14H,10-13,15H2,1-2H3. The fourth-order valence-electron chi connectivity index (χ4n) is 3.74. The molecule has 0 atom stereocenters. The fraction of sp³-hybridized carbons (Fsp3) is 0.318. The number of hydrogen-bond acceptors (Lipinski definition) is 5. The SMILES string of the molecule is CC(=O)c1ccc(N2CCN(Cc3cc(=O)n4c(C)cccc4n3)CC2)cc1. The van der Waals surface area contributed by atoms with Crippen LogP contribution in [0.2, 0.25) is 0 Å². The zero-order valence-corrected chi connectivity index (χ0v) is 16.3. The molecular formula is C22H24N4O2. The molecule has 3 heterocycles. The Kier molecular flexibility index (Phi) is 4.96. The molecule has 0 bridgehead atoms. The summed E-state index contributed by atoms with van der Waals surface area (Å²) in [6.45, 7) is 7.80. The normalized spacial score (nSPS) is 15.1. The molecule has 1 fully saturated rings. The van der Waals surface area contributed by atoms with E-state index >= 15 is 0 Å². The number of anilines is 1. The Balaban J connectivity index is 1.42. The van der Waals surface area contributed by atoms with Crippen molar-refractivity contribution in [2.75, 3.05) is 31.1 Å². The number of fused-ring (bicyclic) bond motifs is 1. The molecule has 28 heavy (non-hydrogen) atoms. The zero-order valence-electron chi connectivity index (χ0n) is 16.3. The van der Waals surface area contributed by atoms with E-state index in [0.29, 0.717) is 12.2 Å². The van der Waals surface area contributed by atoms with E-state index < -0.39 is 0 Å². The molecule has 1 saturated heterocycles. The van der Waals surface area contributed by atoms with Crippen LogP contribution in [0.25, 0.3) is 5.65 Å². The number of carbonyl (C=O) groups is 1. The molecule has 2 aromatic heterocycles. The molecule has 0 saturated carbocycles. The van der Waals surface area contributed by atoms with Crippen molar-refractivity contribution in [3.8, 4) is 0 Å². The predicted molar refractivity (Wildman–Crippen MR) is 110 cm³/mol. The molecular weight excluding hydrogens is 352 g/mol. The lowest BCUT2D eigenvalue weighted by molar-refractivity contribution is 0.101. The highest BCUT2D eigenvalue weighted by molar-refractivity contribution is 5.94. The molecule has 6 heteroatoms. The quantitative estimate of drug-likeness (QED) is 0.655. The van der Waals surface area contributed by atoms with Crippen LogP contribution in [-0.4, -0.2) is 46.2 Å². The van der Waals surface area contributed by atoms with Gasteiger partial charge in [-0.25, -0.2) is 4.98 Å². The molecule has 0 amide bonds. The van der Waals surface area contributed by atoms with Crippen molar-refractivity contribution in [1.29, 1.82) is 0 Å². The third kappa shape index (κ3) is 3.68.